The first kappa shape index (κ1) is 13.2. The van der Waals surface area contributed by atoms with Gasteiger partial charge in [-0.3, -0.25) is 0 Å². The summed E-state index contributed by atoms with van der Waals surface area (Å²) in [7, 11) is 0. The number of aliphatic hydroxyl groups is 1. The largest absolute Gasteiger partial charge is 0.392 e. The van der Waals surface area contributed by atoms with E-state index in [-0.39, 0.29) is 6.10 Å². The van der Waals surface area contributed by atoms with Crippen molar-refractivity contribution in [1.29, 1.82) is 0 Å². The van der Waals surface area contributed by atoms with Gasteiger partial charge in [-0.2, -0.15) is 0 Å². The minimum absolute atomic E-state index is 0.260. The third kappa shape index (κ3) is 6.56. The molecule has 0 saturated heterocycles. The molecule has 0 bridgehead atoms. The number of hydrogen-bond donors (Lipinski definition) is 3. The van der Waals surface area contributed by atoms with Crippen molar-refractivity contribution in [3.8, 4) is 0 Å². The van der Waals surface area contributed by atoms with Crippen LogP contribution in [0.5, 0.6) is 0 Å². The van der Waals surface area contributed by atoms with Crippen LogP contribution in [0.2, 0.25) is 0 Å². The molecule has 1 atom stereocenters. The summed E-state index contributed by atoms with van der Waals surface area (Å²) in [4.78, 5) is 0. The molecule has 0 aliphatic rings. The van der Waals surface area contributed by atoms with Crippen LogP contribution in [0.3, 0.4) is 0 Å². The van der Waals surface area contributed by atoms with Crippen molar-refractivity contribution >= 4 is 0 Å². The highest BCUT2D eigenvalue weighted by atomic mass is 16.3. The number of aliphatic hydroxyl groups excluding tert-OH is 1. The molecule has 0 spiro atoms. The molecule has 3 heteroatoms. The highest BCUT2D eigenvalue weighted by Crippen LogP contribution is 1.97. The molecule has 0 unspecified atom stereocenters. The lowest BCUT2D eigenvalue weighted by molar-refractivity contribution is 0.191. The fourth-order valence-corrected chi connectivity index (χ4v) is 1.49. The second kappa shape index (κ2) is 8.28. The second-order valence-electron chi connectivity index (χ2n) is 4.04. The van der Waals surface area contributed by atoms with E-state index in [1.165, 1.54) is 5.56 Å². The van der Waals surface area contributed by atoms with Crippen LogP contribution in [0.15, 0.2) is 30.3 Å². The summed E-state index contributed by atoms with van der Waals surface area (Å²) in [5.41, 5.74) is 1.37. The standard InChI is InChI=1S/C13H22N2O/c1-12(16)11-15-10-9-14-8-7-13-5-3-2-4-6-13/h2-6,12,14-16H,7-11H2,1H3/t12-/m0/s1. The first-order chi connectivity index (χ1) is 7.79. The normalized spacial score (nSPS) is 12.6. The lowest BCUT2D eigenvalue weighted by Crippen LogP contribution is -2.32. The van der Waals surface area contributed by atoms with Crippen molar-refractivity contribution in [2.75, 3.05) is 26.2 Å². The molecular formula is C13H22N2O. The highest BCUT2D eigenvalue weighted by Gasteiger charge is 1.94. The lowest BCUT2D eigenvalue weighted by atomic mass is 10.1. The highest BCUT2D eigenvalue weighted by molar-refractivity contribution is 5.14. The third-order valence-electron chi connectivity index (χ3n) is 2.35. The fraction of sp³-hybridized carbons (Fsp3) is 0.538. The summed E-state index contributed by atoms with van der Waals surface area (Å²) in [5, 5.41) is 15.6. The smallest absolute Gasteiger partial charge is 0.0636 e. The zero-order valence-corrected chi connectivity index (χ0v) is 9.95. The first-order valence-corrected chi connectivity index (χ1v) is 5.92. The van der Waals surface area contributed by atoms with Crippen molar-refractivity contribution < 1.29 is 5.11 Å². The number of rotatable bonds is 8. The molecular weight excluding hydrogens is 200 g/mol. The Bertz CT molecular complexity index is 262. The van der Waals surface area contributed by atoms with E-state index in [1.807, 2.05) is 6.07 Å². The van der Waals surface area contributed by atoms with E-state index < -0.39 is 0 Å². The van der Waals surface area contributed by atoms with Gasteiger partial charge in [-0.25, -0.2) is 0 Å². The van der Waals surface area contributed by atoms with Crippen LogP contribution in [0.1, 0.15) is 12.5 Å². The van der Waals surface area contributed by atoms with E-state index in [2.05, 4.69) is 34.9 Å². The van der Waals surface area contributed by atoms with E-state index in [0.717, 1.165) is 26.1 Å². The topological polar surface area (TPSA) is 44.3 Å². The zero-order chi connectivity index (χ0) is 11.6. The summed E-state index contributed by atoms with van der Waals surface area (Å²) < 4.78 is 0. The number of benzene rings is 1. The van der Waals surface area contributed by atoms with E-state index in [0.29, 0.717) is 6.54 Å². The van der Waals surface area contributed by atoms with E-state index in [4.69, 9.17) is 5.11 Å². The summed E-state index contributed by atoms with van der Waals surface area (Å²) in [6, 6.07) is 10.5. The molecule has 16 heavy (non-hydrogen) atoms. The van der Waals surface area contributed by atoms with Gasteiger partial charge in [0.05, 0.1) is 6.10 Å². The molecule has 0 saturated carbocycles. The number of hydrogen-bond acceptors (Lipinski definition) is 3. The average molecular weight is 222 g/mol. The van der Waals surface area contributed by atoms with Gasteiger partial charge in [0.25, 0.3) is 0 Å². The van der Waals surface area contributed by atoms with Gasteiger partial charge in [-0.05, 0) is 25.5 Å². The van der Waals surface area contributed by atoms with Crippen LogP contribution < -0.4 is 10.6 Å². The van der Waals surface area contributed by atoms with E-state index in [1.54, 1.807) is 6.92 Å². The molecule has 0 fully saturated rings. The summed E-state index contributed by atoms with van der Waals surface area (Å²) in [6.45, 7) is 5.30. The quantitative estimate of drug-likeness (QED) is 0.570. The van der Waals surface area contributed by atoms with Gasteiger partial charge in [0.1, 0.15) is 0 Å². The average Bonchev–Trinajstić information content (AvgIpc) is 2.29. The van der Waals surface area contributed by atoms with Crippen molar-refractivity contribution in [3.05, 3.63) is 35.9 Å². The monoisotopic (exact) mass is 222 g/mol. The van der Waals surface area contributed by atoms with Gasteiger partial charge in [-0.1, -0.05) is 30.3 Å². The van der Waals surface area contributed by atoms with Crippen LogP contribution in [0, 0.1) is 0 Å². The third-order valence-corrected chi connectivity index (χ3v) is 2.35. The maximum absolute atomic E-state index is 9.02. The molecule has 1 aromatic rings. The molecule has 0 aliphatic carbocycles. The second-order valence-corrected chi connectivity index (χ2v) is 4.04. The van der Waals surface area contributed by atoms with Crippen molar-refractivity contribution in [2.45, 2.75) is 19.4 Å². The first-order valence-electron chi connectivity index (χ1n) is 5.92. The van der Waals surface area contributed by atoms with Crippen LogP contribution in [-0.4, -0.2) is 37.4 Å². The molecule has 0 amide bonds. The molecule has 0 heterocycles. The SMILES string of the molecule is C[C@H](O)CNCCNCCc1ccccc1. The minimum Gasteiger partial charge on any atom is -0.392 e. The molecule has 3 nitrogen and oxygen atoms in total. The fourth-order valence-electron chi connectivity index (χ4n) is 1.49. The summed E-state index contributed by atoms with van der Waals surface area (Å²) in [6.07, 6.45) is 0.807. The maximum atomic E-state index is 9.02. The minimum atomic E-state index is -0.260. The van der Waals surface area contributed by atoms with Crippen molar-refractivity contribution in [1.82, 2.24) is 10.6 Å². The van der Waals surface area contributed by atoms with Gasteiger partial charge in [-0.15, -0.1) is 0 Å². The van der Waals surface area contributed by atoms with Crippen molar-refractivity contribution in [3.63, 3.8) is 0 Å². The Morgan fingerprint density at radius 2 is 1.75 bits per heavy atom. The predicted octanol–water partition coefficient (Wildman–Crippen LogP) is 0.789. The Morgan fingerprint density at radius 3 is 2.44 bits per heavy atom. The lowest BCUT2D eigenvalue weighted by Gasteiger charge is -2.08. The Morgan fingerprint density at radius 1 is 1.06 bits per heavy atom. The Kier molecular flexibility index (Phi) is 6.81. The Balaban J connectivity index is 1.93. The molecule has 3 N–H and O–H groups in total. The predicted molar refractivity (Wildman–Crippen MR) is 67.6 cm³/mol. The zero-order valence-electron chi connectivity index (χ0n) is 9.95. The molecule has 1 aromatic carbocycles. The summed E-state index contributed by atoms with van der Waals surface area (Å²) >= 11 is 0. The molecule has 0 radical (unpaired) electrons. The van der Waals surface area contributed by atoms with Crippen LogP contribution in [0.25, 0.3) is 0 Å². The van der Waals surface area contributed by atoms with Gasteiger partial charge in [0, 0.05) is 19.6 Å². The van der Waals surface area contributed by atoms with Gasteiger partial charge >= 0.3 is 0 Å². The van der Waals surface area contributed by atoms with Gasteiger partial charge < -0.3 is 15.7 Å². The molecule has 1 rings (SSSR count). The molecule has 0 aliphatic heterocycles. The molecule has 0 aromatic heterocycles. The van der Waals surface area contributed by atoms with Crippen LogP contribution in [0.4, 0.5) is 0 Å². The summed E-state index contributed by atoms with van der Waals surface area (Å²) in [5.74, 6) is 0. The van der Waals surface area contributed by atoms with E-state index in [9.17, 15) is 0 Å². The van der Waals surface area contributed by atoms with Gasteiger partial charge in [0.2, 0.25) is 0 Å². The van der Waals surface area contributed by atoms with E-state index >= 15 is 0 Å². The molecule has 90 valence electrons. The Hall–Kier alpha value is -0.900. The van der Waals surface area contributed by atoms with Crippen LogP contribution in [-0.2, 0) is 6.42 Å². The Labute approximate surface area is 97.9 Å². The van der Waals surface area contributed by atoms with Crippen LogP contribution >= 0.6 is 0 Å². The van der Waals surface area contributed by atoms with Gasteiger partial charge in [0.15, 0.2) is 0 Å². The maximum Gasteiger partial charge on any atom is 0.0636 e. The number of nitrogens with one attached hydrogen (secondary N) is 2. The van der Waals surface area contributed by atoms with Crippen molar-refractivity contribution in [2.24, 2.45) is 0 Å².